The van der Waals surface area contributed by atoms with E-state index >= 15 is 0 Å². The highest BCUT2D eigenvalue weighted by Gasteiger charge is 2.35. The Morgan fingerprint density at radius 3 is 2.39 bits per heavy atom. The number of benzene rings is 1. The number of thioether (sulfide) groups is 1. The highest BCUT2D eigenvalue weighted by Crippen LogP contribution is 2.25. The summed E-state index contributed by atoms with van der Waals surface area (Å²) in [5.41, 5.74) is 6.26. The number of aromatic nitrogens is 4. The lowest BCUT2D eigenvalue weighted by Gasteiger charge is -2.30. The number of carbonyl (C=O) groups excluding carboxylic acids is 2. The van der Waals surface area contributed by atoms with Gasteiger partial charge in [0.1, 0.15) is 17.2 Å². The molecule has 0 fully saturated rings. The van der Waals surface area contributed by atoms with Crippen LogP contribution in [-0.4, -0.2) is 60.4 Å². The number of ether oxygens (including phenoxy) is 1. The average molecular weight is 543 g/mol. The molecule has 0 aliphatic heterocycles. The van der Waals surface area contributed by atoms with Crippen LogP contribution in [0.4, 0.5) is 10.6 Å². The zero-order valence-electron chi connectivity index (χ0n) is 23.2. The molecule has 38 heavy (non-hydrogen) atoms. The standard InChI is InChI=1S/C27H38N6O4S/c1-8-14-38-24-29-21(28)20-22(30-24)32(16-18-12-10-9-11-13-18)26(36)33(20)25(35)31(7)19(15-17(2)3)23(34)37-27(4,5)6/h9-13,17,19H,8,14-16H2,1-7H3,(H2,28,29,30). The third-order valence-corrected chi connectivity index (χ3v) is 6.78. The molecular weight excluding hydrogens is 504 g/mol. The molecule has 0 spiro atoms. The average Bonchev–Trinajstić information content (AvgIpc) is 3.11. The Hall–Kier alpha value is -3.34. The molecule has 0 radical (unpaired) electrons. The molecule has 11 heteroatoms. The lowest BCUT2D eigenvalue weighted by Crippen LogP contribution is -2.49. The Balaban J connectivity index is 2.16. The third-order valence-electron chi connectivity index (χ3n) is 5.73. The van der Waals surface area contributed by atoms with Crippen LogP contribution in [0.15, 0.2) is 40.3 Å². The van der Waals surface area contributed by atoms with Gasteiger partial charge in [-0.2, -0.15) is 0 Å². The second-order valence-corrected chi connectivity index (χ2v) is 11.7. The van der Waals surface area contributed by atoms with Crippen LogP contribution in [-0.2, 0) is 16.1 Å². The first kappa shape index (κ1) is 29.2. The molecule has 1 unspecified atom stereocenters. The van der Waals surface area contributed by atoms with Crippen molar-refractivity contribution in [2.45, 2.75) is 77.7 Å². The van der Waals surface area contributed by atoms with E-state index < -0.39 is 29.3 Å². The van der Waals surface area contributed by atoms with Crippen molar-refractivity contribution in [2.24, 2.45) is 5.92 Å². The number of hydrogen-bond donors (Lipinski definition) is 1. The maximum absolute atomic E-state index is 13.9. The summed E-state index contributed by atoms with van der Waals surface area (Å²) in [5.74, 6) is 0.358. The summed E-state index contributed by atoms with van der Waals surface area (Å²) in [4.78, 5) is 51.1. The van der Waals surface area contributed by atoms with E-state index in [0.717, 1.165) is 22.3 Å². The molecule has 10 nitrogen and oxygen atoms in total. The molecule has 2 N–H and O–H groups in total. The van der Waals surface area contributed by atoms with E-state index in [9.17, 15) is 14.4 Å². The van der Waals surface area contributed by atoms with Crippen LogP contribution < -0.4 is 11.4 Å². The highest BCUT2D eigenvalue weighted by molar-refractivity contribution is 7.99. The first-order chi connectivity index (χ1) is 17.8. The largest absolute Gasteiger partial charge is 0.458 e. The Morgan fingerprint density at radius 1 is 1.16 bits per heavy atom. The predicted octanol–water partition coefficient (Wildman–Crippen LogP) is 4.38. The van der Waals surface area contributed by atoms with Gasteiger partial charge in [0.05, 0.1) is 6.54 Å². The fourth-order valence-corrected chi connectivity index (χ4v) is 4.71. The quantitative estimate of drug-likeness (QED) is 0.240. The highest BCUT2D eigenvalue weighted by atomic mass is 32.2. The molecule has 0 saturated carbocycles. The fraction of sp³-hybridized carbons (Fsp3) is 0.519. The molecule has 0 aliphatic rings. The van der Waals surface area contributed by atoms with Gasteiger partial charge in [-0.15, -0.1) is 0 Å². The van der Waals surface area contributed by atoms with Crippen molar-refractivity contribution in [3.05, 3.63) is 46.4 Å². The van der Waals surface area contributed by atoms with Crippen molar-refractivity contribution in [1.29, 1.82) is 0 Å². The van der Waals surface area contributed by atoms with Gasteiger partial charge in [-0.1, -0.05) is 62.9 Å². The molecule has 3 aromatic rings. The maximum atomic E-state index is 13.9. The molecule has 1 atom stereocenters. The molecule has 3 rings (SSSR count). The van der Waals surface area contributed by atoms with Gasteiger partial charge >= 0.3 is 17.7 Å². The topological polar surface area (TPSA) is 125 Å². The number of carbonyl (C=O) groups is 2. The summed E-state index contributed by atoms with van der Waals surface area (Å²) in [6.07, 6.45) is 1.27. The van der Waals surface area contributed by atoms with Crippen molar-refractivity contribution in [2.75, 3.05) is 18.5 Å². The molecule has 206 valence electrons. The second-order valence-electron chi connectivity index (χ2n) is 10.7. The Bertz CT molecular complexity index is 1340. The zero-order valence-corrected chi connectivity index (χ0v) is 24.0. The molecule has 0 bridgehead atoms. The van der Waals surface area contributed by atoms with Crippen LogP contribution in [0, 0.1) is 5.92 Å². The number of nitrogens with zero attached hydrogens (tertiary/aromatic N) is 5. The minimum atomic E-state index is -0.900. The van der Waals surface area contributed by atoms with E-state index in [1.807, 2.05) is 51.1 Å². The SMILES string of the molecule is CCCSc1nc(N)c2c(n1)n(Cc1ccccc1)c(=O)n2C(=O)N(C)C(CC(C)C)C(=O)OC(C)(C)C. The van der Waals surface area contributed by atoms with E-state index in [2.05, 4.69) is 9.97 Å². The van der Waals surface area contributed by atoms with Gasteiger partial charge in [0, 0.05) is 12.8 Å². The lowest BCUT2D eigenvalue weighted by molar-refractivity contribution is -0.160. The summed E-state index contributed by atoms with van der Waals surface area (Å²) >= 11 is 1.43. The molecule has 2 heterocycles. The van der Waals surface area contributed by atoms with Crippen molar-refractivity contribution in [3.8, 4) is 0 Å². The van der Waals surface area contributed by atoms with Crippen LogP contribution in [0.3, 0.4) is 0 Å². The molecular formula is C27H38N6O4S. The smallest absolute Gasteiger partial charge is 0.339 e. The number of imidazole rings is 1. The van der Waals surface area contributed by atoms with Crippen LogP contribution >= 0.6 is 11.8 Å². The number of fused-ring (bicyclic) bond motifs is 1. The van der Waals surface area contributed by atoms with Gasteiger partial charge in [0.15, 0.2) is 16.6 Å². The molecule has 1 aromatic carbocycles. The van der Waals surface area contributed by atoms with Crippen LogP contribution in [0.1, 0.15) is 59.9 Å². The zero-order chi connectivity index (χ0) is 28.2. The number of nitrogen functional groups attached to an aromatic ring is 1. The third kappa shape index (κ3) is 6.75. The number of hydrogen-bond acceptors (Lipinski definition) is 8. The van der Waals surface area contributed by atoms with E-state index in [1.165, 1.54) is 28.3 Å². The van der Waals surface area contributed by atoms with Crippen LogP contribution in [0.5, 0.6) is 0 Å². The summed E-state index contributed by atoms with van der Waals surface area (Å²) in [6.45, 7) is 11.5. The van der Waals surface area contributed by atoms with Crippen molar-refractivity contribution < 1.29 is 14.3 Å². The number of nitrogens with two attached hydrogens (primary N) is 1. The van der Waals surface area contributed by atoms with Crippen molar-refractivity contribution >= 4 is 40.7 Å². The minimum Gasteiger partial charge on any atom is -0.458 e. The van der Waals surface area contributed by atoms with E-state index in [4.69, 9.17) is 10.5 Å². The number of likely N-dealkylation sites (N-methyl/N-ethyl adjacent to an activating group) is 1. The second kappa shape index (κ2) is 12.0. The Morgan fingerprint density at radius 2 is 1.82 bits per heavy atom. The van der Waals surface area contributed by atoms with Crippen LogP contribution in [0.2, 0.25) is 0 Å². The number of amides is 1. The summed E-state index contributed by atoms with van der Waals surface area (Å²) in [6, 6.07) is 7.82. The molecule has 2 aromatic heterocycles. The van der Waals surface area contributed by atoms with Gasteiger partial charge in [-0.05, 0) is 45.1 Å². The van der Waals surface area contributed by atoms with Crippen LogP contribution in [0.25, 0.3) is 11.2 Å². The van der Waals surface area contributed by atoms with Crippen molar-refractivity contribution in [3.63, 3.8) is 0 Å². The summed E-state index contributed by atoms with van der Waals surface area (Å²) in [5, 5.41) is 0.433. The predicted molar refractivity (Wildman–Crippen MR) is 150 cm³/mol. The van der Waals surface area contributed by atoms with Gasteiger partial charge in [-0.25, -0.2) is 28.9 Å². The van der Waals surface area contributed by atoms with Gasteiger partial charge < -0.3 is 15.4 Å². The van der Waals surface area contributed by atoms with Crippen molar-refractivity contribution in [1.82, 2.24) is 24.0 Å². The normalized spacial score (nSPS) is 12.6. The number of esters is 1. The van der Waals surface area contributed by atoms with Gasteiger partial charge in [-0.3, -0.25) is 4.57 Å². The van der Waals surface area contributed by atoms with E-state index in [-0.39, 0.29) is 29.4 Å². The first-order valence-corrected chi connectivity index (χ1v) is 13.8. The Kier molecular flexibility index (Phi) is 9.24. The van der Waals surface area contributed by atoms with Gasteiger partial charge in [0.2, 0.25) is 0 Å². The summed E-state index contributed by atoms with van der Waals surface area (Å²) < 4.78 is 8.01. The lowest BCUT2D eigenvalue weighted by atomic mass is 10.0. The first-order valence-electron chi connectivity index (χ1n) is 12.8. The maximum Gasteiger partial charge on any atom is 0.339 e. The molecule has 1 amide bonds. The van der Waals surface area contributed by atoms with Gasteiger partial charge in [0.25, 0.3) is 0 Å². The molecule has 0 saturated heterocycles. The Labute approximate surface area is 227 Å². The minimum absolute atomic E-state index is 0.0249. The monoisotopic (exact) mass is 542 g/mol. The van der Waals surface area contributed by atoms with E-state index in [1.54, 1.807) is 20.8 Å². The molecule has 0 aliphatic carbocycles. The number of rotatable bonds is 9. The number of anilines is 1. The fourth-order valence-electron chi connectivity index (χ4n) is 4.01. The summed E-state index contributed by atoms with van der Waals surface area (Å²) in [7, 11) is 1.49. The van der Waals surface area contributed by atoms with E-state index in [0.29, 0.717) is 11.6 Å².